The first-order valence-corrected chi connectivity index (χ1v) is 6.67. The van der Waals surface area contributed by atoms with Crippen LogP contribution in [0.4, 0.5) is 19.0 Å². The second-order valence-corrected chi connectivity index (χ2v) is 5.21. The number of primary amides is 1. The van der Waals surface area contributed by atoms with Crippen LogP contribution in [0.2, 0.25) is 0 Å². The summed E-state index contributed by atoms with van der Waals surface area (Å²) in [6, 6.07) is 1.86. The highest BCUT2D eigenvalue weighted by atomic mass is 19.4. The topological polar surface area (TPSA) is 94.0 Å². The molecule has 0 saturated heterocycles. The van der Waals surface area contributed by atoms with Crippen LogP contribution in [0.1, 0.15) is 41.7 Å². The van der Waals surface area contributed by atoms with Crippen molar-refractivity contribution in [2.24, 2.45) is 11.5 Å². The summed E-state index contributed by atoms with van der Waals surface area (Å²) in [4.78, 5) is 14.8. The van der Waals surface area contributed by atoms with E-state index in [1.807, 2.05) is 0 Å². The van der Waals surface area contributed by atoms with Crippen molar-refractivity contribution in [1.82, 2.24) is 4.98 Å². The fourth-order valence-electron chi connectivity index (χ4n) is 2.38. The lowest BCUT2D eigenvalue weighted by Crippen LogP contribution is -2.33. The molecule has 5 nitrogen and oxygen atoms in total. The minimum absolute atomic E-state index is 0.0436. The molecule has 1 aliphatic carbocycles. The van der Waals surface area contributed by atoms with Crippen molar-refractivity contribution in [3.05, 3.63) is 23.4 Å². The second kappa shape index (κ2) is 5.88. The fourth-order valence-corrected chi connectivity index (χ4v) is 2.38. The molecule has 0 spiro atoms. The zero-order valence-electron chi connectivity index (χ0n) is 11.3. The Labute approximate surface area is 119 Å². The molecule has 1 fully saturated rings. The quantitative estimate of drug-likeness (QED) is 0.794. The smallest absolute Gasteiger partial charge is 0.367 e. The van der Waals surface area contributed by atoms with Gasteiger partial charge >= 0.3 is 6.18 Å². The maximum Gasteiger partial charge on any atom is 0.433 e. The summed E-state index contributed by atoms with van der Waals surface area (Å²) in [6.45, 7) is 0. The van der Waals surface area contributed by atoms with Crippen molar-refractivity contribution < 1.29 is 18.0 Å². The van der Waals surface area contributed by atoms with Gasteiger partial charge in [0.05, 0.1) is 5.56 Å². The van der Waals surface area contributed by atoms with Crippen LogP contribution in [-0.2, 0) is 6.18 Å². The van der Waals surface area contributed by atoms with E-state index in [4.69, 9.17) is 11.5 Å². The number of rotatable bonds is 3. The first kappa shape index (κ1) is 15.6. The Hall–Kier alpha value is -1.83. The molecule has 5 N–H and O–H groups in total. The minimum Gasteiger partial charge on any atom is -0.367 e. The zero-order valence-corrected chi connectivity index (χ0v) is 11.3. The molecule has 0 aliphatic heterocycles. The first-order valence-electron chi connectivity index (χ1n) is 6.67. The molecule has 1 aromatic rings. The van der Waals surface area contributed by atoms with E-state index in [0.717, 1.165) is 37.8 Å². The monoisotopic (exact) mass is 302 g/mol. The maximum absolute atomic E-state index is 12.7. The summed E-state index contributed by atoms with van der Waals surface area (Å²) < 4.78 is 38.1. The van der Waals surface area contributed by atoms with Crippen LogP contribution >= 0.6 is 0 Å². The highest BCUT2D eigenvalue weighted by Gasteiger charge is 2.33. The highest BCUT2D eigenvalue weighted by molar-refractivity contribution is 5.97. The standard InChI is InChI=1S/C13H17F3N4O/c14-13(15,16)10-6-5-9(11(18)21)12(20-10)19-8-3-1-7(17)2-4-8/h5-8H,1-4,17H2,(H2,18,21)(H,19,20). The summed E-state index contributed by atoms with van der Waals surface area (Å²) >= 11 is 0. The first-order chi connectivity index (χ1) is 9.77. The van der Waals surface area contributed by atoms with Gasteiger partial charge in [-0.3, -0.25) is 4.79 Å². The van der Waals surface area contributed by atoms with Crippen LogP contribution < -0.4 is 16.8 Å². The van der Waals surface area contributed by atoms with Crippen molar-refractivity contribution in [2.45, 2.75) is 43.9 Å². The molecule has 0 aromatic carbocycles. The van der Waals surface area contributed by atoms with E-state index in [0.29, 0.717) is 0 Å². The van der Waals surface area contributed by atoms with Crippen LogP contribution in [0.25, 0.3) is 0 Å². The number of anilines is 1. The third-order valence-corrected chi connectivity index (χ3v) is 3.56. The van der Waals surface area contributed by atoms with Gasteiger partial charge in [0.15, 0.2) is 0 Å². The molecule has 0 atom stereocenters. The normalized spacial score (nSPS) is 22.9. The molecular weight excluding hydrogens is 285 g/mol. The average molecular weight is 302 g/mol. The largest absolute Gasteiger partial charge is 0.433 e. The molecular formula is C13H17F3N4O. The van der Waals surface area contributed by atoms with Crippen LogP contribution in [0, 0.1) is 0 Å². The summed E-state index contributed by atoms with van der Waals surface area (Å²) in [5.41, 5.74) is 9.87. The number of nitrogens with two attached hydrogens (primary N) is 2. The van der Waals surface area contributed by atoms with Gasteiger partial charge in [0.2, 0.25) is 0 Å². The Balaban J connectivity index is 2.24. The van der Waals surface area contributed by atoms with E-state index in [1.54, 1.807) is 0 Å². The summed E-state index contributed by atoms with van der Waals surface area (Å²) in [6.07, 6.45) is -1.57. The van der Waals surface area contributed by atoms with Gasteiger partial charge in [-0.2, -0.15) is 13.2 Å². The number of aromatic nitrogens is 1. The van der Waals surface area contributed by atoms with Crippen molar-refractivity contribution in [3.63, 3.8) is 0 Å². The summed E-state index contributed by atoms with van der Waals surface area (Å²) in [5, 5.41) is 2.90. The summed E-state index contributed by atoms with van der Waals surface area (Å²) in [5.74, 6) is -0.927. The number of hydrogen-bond acceptors (Lipinski definition) is 4. The Morgan fingerprint density at radius 2 is 1.86 bits per heavy atom. The lowest BCUT2D eigenvalue weighted by atomic mass is 9.92. The van der Waals surface area contributed by atoms with E-state index in [1.165, 1.54) is 0 Å². The molecule has 0 radical (unpaired) electrons. The van der Waals surface area contributed by atoms with Crippen LogP contribution in [0.3, 0.4) is 0 Å². The van der Waals surface area contributed by atoms with Crippen LogP contribution in [-0.4, -0.2) is 23.0 Å². The summed E-state index contributed by atoms with van der Waals surface area (Å²) in [7, 11) is 0. The van der Waals surface area contributed by atoms with E-state index >= 15 is 0 Å². The van der Waals surface area contributed by atoms with Gasteiger partial charge in [-0.05, 0) is 37.8 Å². The number of carbonyl (C=O) groups excluding carboxylic acids is 1. The van der Waals surface area contributed by atoms with E-state index in [9.17, 15) is 18.0 Å². The number of nitrogens with one attached hydrogen (secondary N) is 1. The predicted octanol–water partition coefficient (Wildman–Crippen LogP) is 1.88. The van der Waals surface area contributed by atoms with Crippen molar-refractivity contribution in [2.75, 3.05) is 5.32 Å². The van der Waals surface area contributed by atoms with Crippen molar-refractivity contribution in [3.8, 4) is 0 Å². The molecule has 1 aliphatic rings. The molecule has 8 heteroatoms. The number of nitrogens with zero attached hydrogens (tertiary/aromatic N) is 1. The molecule has 21 heavy (non-hydrogen) atoms. The fraction of sp³-hybridized carbons (Fsp3) is 0.538. The van der Waals surface area contributed by atoms with Crippen molar-refractivity contribution in [1.29, 1.82) is 0 Å². The minimum atomic E-state index is -4.57. The number of pyridine rings is 1. The Morgan fingerprint density at radius 1 is 1.24 bits per heavy atom. The molecule has 2 rings (SSSR count). The molecule has 1 aromatic heterocycles. The number of halogens is 3. The molecule has 1 saturated carbocycles. The van der Waals surface area contributed by atoms with Crippen LogP contribution in [0.15, 0.2) is 12.1 Å². The van der Waals surface area contributed by atoms with Crippen molar-refractivity contribution >= 4 is 11.7 Å². The van der Waals surface area contributed by atoms with Gasteiger partial charge in [0.25, 0.3) is 5.91 Å². The van der Waals surface area contributed by atoms with Gasteiger partial charge in [-0.25, -0.2) is 4.98 Å². The van der Waals surface area contributed by atoms with Crippen LogP contribution in [0.5, 0.6) is 0 Å². The third-order valence-electron chi connectivity index (χ3n) is 3.56. The molecule has 1 heterocycles. The number of amides is 1. The molecule has 0 unspecified atom stereocenters. The second-order valence-electron chi connectivity index (χ2n) is 5.21. The maximum atomic E-state index is 12.7. The highest BCUT2D eigenvalue weighted by Crippen LogP contribution is 2.30. The third kappa shape index (κ3) is 3.84. The van der Waals surface area contributed by atoms with E-state index in [2.05, 4.69) is 10.3 Å². The number of alkyl halides is 3. The lowest BCUT2D eigenvalue weighted by molar-refractivity contribution is -0.141. The van der Waals surface area contributed by atoms with E-state index in [-0.39, 0.29) is 23.5 Å². The molecule has 0 bridgehead atoms. The SMILES string of the molecule is NC(=O)c1ccc(C(F)(F)F)nc1NC1CCC(N)CC1. The van der Waals surface area contributed by atoms with Gasteiger partial charge in [-0.15, -0.1) is 0 Å². The Bertz CT molecular complexity index is 525. The lowest BCUT2D eigenvalue weighted by Gasteiger charge is -2.28. The van der Waals surface area contributed by atoms with Gasteiger partial charge < -0.3 is 16.8 Å². The molecule has 1 amide bonds. The Kier molecular flexibility index (Phi) is 4.36. The van der Waals surface area contributed by atoms with Gasteiger partial charge in [-0.1, -0.05) is 0 Å². The Morgan fingerprint density at radius 3 is 2.38 bits per heavy atom. The average Bonchev–Trinajstić information content (AvgIpc) is 2.40. The number of carbonyl (C=O) groups is 1. The van der Waals surface area contributed by atoms with Gasteiger partial charge in [0.1, 0.15) is 11.5 Å². The number of hydrogen-bond donors (Lipinski definition) is 3. The molecule has 116 valence electrons. The predicted molar refractivity (Wildman–Crippen MR) is 71.6 cm³/mol. The van der Waals surface area contributed by atoms with E-state index < -0.39 is 17.8 Å². The zero-order chi connectivity index (χ0) is 15.6. The van der Waals surface area contributed by atoms with Gasteiger partial charge in [0, 0.05) is 12.1 Å².